The van der Waals surface area contributed by atoms with E-state index in [0.29, 0.717) is 0 Å². The van der Waals surface area contributed by atoms with E-state index in [4.69, 9.17) is 0 Å². The molecule has 0 aliphatic carbocycles. The first-order chi connectivity index (χ1) is 8.83. The second kappa shape index (κ2) is 4.28. The molecule has 0 spiro atoms. The summed E-state index contributed by atoms with van der Waals surface area (Å²) in [5.74, 6) is 0.251. The molecule has 2 saturated heterocycles. The molecule has 3 nitrogen and oxygen atoms in total. The van der Waals surface area contributed by atoms with Crippen LogP contribution in [0.25, 0.3) is 0 Å². The highest BCUT2D eigenvalue weighted by atomic mass is 32.1. The zero-order valence-corrected chi connectivity index (χ0v) is 14.9. The predicted molar refractivity (Wildman–Crippen MR) is 85.4 cm³/mol. The van der Waals surface area contributed by atoms with Crippen molar-refractivity contribution in [2.75, 3.05) is 0 Å². The lowest BCUT2D eigenvalue weighted by molar-refractivity contribution is -0.133. The third-order valence-electron chi connectivity index (χ3n) is 4.66. The first kappa shape index (κ1) is 13.5. The third kappa shape index (κ3) is 2.05. The largest absolute Gasteiger partial charge is 0.345 e. The maximum absolute atomic E-state index is 12.2. The highest BCUT2D eigenvalue weighted by Crippen LogP contribution is 2.44. The Hall–Kier alpha value is -0.436. The molecule has 19 heavy (non-hydrogen) atoms. The Bertz CT molecular complexity index is 485. The first-order valence-electron chi connectivity index (χ1n) is 6.96. The quantitative estimate of drug-likeness (QED) is 0.673. The van der Waals surface area contributed by atoms with Gasteiger partial charge in [-0.3, -0.25) is 4.79 Å². The normalized spacial score (nSPS) is 32.9. The minimum Gasteiger partial charge on any atom is -0.345 e. The van der Waals surface area contributed by atoms with Gasteiger partial charge in [0.25, 0.3) is 0 Å². The molecule has 2 aliphatic rings. The average molecular weight is 311 g/mol. The highest BCUT2D eigenvalue weighted by molar-refractivity contribution is 7.10. The van der Waals surface area contributed by atoms with Gasteiger partial charge in [-0.15, -0.1) is 11.3 Å². The summed E-state index contributed by atoms with van der Waals surface area (Å²) in [6, 6.07) is 7.30. The summed E-state index contributed by atoms with van der Waals surface area (Å²) in [7, 11) is -2.79. The van der Waals surface area contributed by atoms with E-state index >= 15 is 0 Å². The molecule has 2 unspecified atom stereocenters. The summed E-state index contributed by atoms with van der Waals surface area (Å²) >= 11 is 1.76. The van der Waals surface area contributed by atoms with Crippen LogP contribution in [0.4, 0.5) is 0 Å². The smallest absolute Gasteiger partial charge is 0.239 e. The zero-order valence-electron chi connectivity index (χ0n) is 12.1. The first-order valence-corrected chi connectivity index (χ1v) is 14.1. The van der Waals surface area contributed by atoms with Gasteiger partial charge in [0.2, 0.25) is 5.91 Å². The van der Waals surface area contributed by atoms with Crippen molar-refractivity contribution in [2.45, 2.75) is 50.4 Å². The highest BCUT2D eigenvalue weighted by Gasteiger charge is 2.57. The Morgan fingerprint density at radius 2 is 1.89 bits per heavy atom. The Balaban J connectivity index is 1.93. The van der Waals surface area contributed by atoms with Crippen molar-refractivity contribution in [2.24, 2.45) is 0 Å². The maximum atomic E-state index is 12.2. The number of hydrogen-bond donors (Lipinski definition) is 1. The molecule has 2 fully saturated rings. The summed E-state index contributed by atoms with van der Waals surface area (Å²) in [5.41, 5.74) is 0. The SMILES string of the molecule is C[Si]1(C)CC[Si](C)(C)N1C1C(=O)NC1c1cccs1. The van der Waals surface area contributed by atoms with Gasteiger partial charge in [-0.05, 0) is 23.5 Å². The van der Waals surface area contributed by atoms with Crippen LogP contribution in [0, 0.1) is 0 Å². The van der Waals surface area contributed by atoms with Gasteiger partial charge in [-0.25, -0.2) is 0 Å². The fourth-order valence-corrected chi connectivity index (χ4v) is 19.2. The second-order valence-corrected chi connectivity index (χ2v) is 17.6. The zero-order chi connectivity index (χ0) is 13.8. The Morgan fingerprint density at radius 3 is 2.37 bits per heavy atom. The van der Waals surface area contributed by atoms with Gasteiger partial charge in [-0.2, -0.15) is 0 Å². The number of nitrogens with zero attached hydrogens (tertiary/aromatic N) is 1. The Morgan fingerprint density at radius 1 is 1.26 bits per heavy atom. The van der Waals surface area contributed by atoms with Crippen LogP contribution in [0.1, 0.15) is 10.9 Å². The molecule has 2 aliphatic heterocycles. The molecule has 6 heteroatoms. The summed E-state index contributed by atoms with van der Waals surface area (Å²) < 4.78 is 2.73. The summed E-state index contributed by atoms with van der Waals surface area (Å²) in [4.78, 5) is 13.5. The van der Waals surface area contributed by atoms with Crippen molar-refractivity contribution in [3.05, 3.63) is 22.4 Å². The van der Waals surface area contributed by atoms with Gasteiger partial charge in [0, 0.05) is 4.88 Å². The number of nitrogens with one attached hydrogen (secondary N) is 1. The molecule has 0 bridgehead atoms. The average Bonchev–Trinajstić information content (AvgIpc) is 2.89. The lowest BCUT2D eigenvalue weighted by Crippen LogP contribution is -2.72. The van der Waals surface area contributed by atoms with E-state index in [1.807, 2.05) is 0 Å². The van der Waals surface area contributed by atoms with Crippen molar-refractivity contribution < 1.29 is 4.79 Å². The van der Waals surface area contributed by atoms with E-state index in [0.717, 1.165) is 0 Å². The van der Waals surface area contributed by atoms with Crippen LogP contribution in [0.15, 0.2) is 17.5 Å². The van der Waals surface area contributed by atoms with Crippen molar-refractivity contribution in [3.8, 4) is 0 Å². The van der Waals surface area contributed by atoms with Gasteiger partial charge in [-0.1, -0.05) is 32.3 Å². The monoisotopic (exact) mass is 310 g/mol. The van der Waals surface area contributed by atoms with Crippen LogP contribution in [0.5, 0.6) is 0 Å². The van der Waals surface area contributed by atoms with E-state index in [1.54, 1.807) is 11.3 Å². The number of amides is 1. The molecule has 1 amide bonds. The minimum absolute atomic E-state index is 0.115. The fraction of sp³-hybridized carbons (Fsp3) is 0.615. The fourth-order valence-electron chi connectivity index (χ4n) is 3.76. The molecule has 0 aromatic carbocycles. The van der Waals surface area contributed by atoms with E-state index in [2.05, 4.69) is 53.2 Å². The topological polar surface area (TPSA) is 32.3 Å². The van der Waals surface area contributed by atoms with E-state index in [9.17, 15) is 4.79 Å². The predicted octanol–water partition coefficient (Wildman–Crippen LogP) is 3.01. The molecule has 3 heterocycles. The molecule has 2 atom stereocenters. The van der Waals surface area contributed by atoms with Crippen molar-refractivity contribution >= 4 is 33.7 Å². The Labute approximate surface area is 121 Å². The lowest BCUT2D eigenvalue weighted by atomic mass is 9.99. The van der Waals surface area contributed by atoms with E-state index in [-0.39, 0.29) is 18.0 Å². The van der Waals surface area contributed by atoms with Crippen LogP contribution in [-0.2, 0) is 4.79 Å². The molecular formula is C13H22N2OSSi2. The van der Waals surface area contributed by atoms with Crippen molar-refractivity contribution in [1.29, 1.82) is 0 Å². The Kier molecular flexibility index (Phi) is 3.05. The minimum atomic E-state index is -1.40. The van der Waals surface area contributed by atoms with Gasteiger partial charge < -0.3 is 9.55 Å². The van der Waals surface area contributed by atoms with Crippen LogP contribution >= 0.6 is 11.3 Å². The number of carbonyl (C=O) groups is 1. The molecule has 0 radical (unpaired) electrons. The third-order valence-corrected chi connectivity index (χ3v) is 15.9. The van der Waals surface area contributed by atoms with Crippen LogP contribution in [0.3, 0.4) is 0 Å². The van der Waals surface area contributed by atoms with Crippen LogP contribution in [0.2, 0.25) is 38.3 Å². The van der Waals surface area contributed by atoms with Crippen LogP contribution < -0.4 is 5.32 Å². The number of thiophene rings is 1. The summed E-state index contributed by atoms with van der Waals surface area (Å²) in [6.45, 7) is 9.75. The number of β-lactam (4-membered cyclic amide) rings is 1. The lowest BCUT2D eigenvalue weighted by Gasteiger charge is -2.51. The van der Waals surface area contributed by atoms with E-state index < -0.39 is 16.5 Å². The number of hydrogen-bond acceptors (Lipinski definition) is 3. The van der Waals surface area contributed by atoms with Gasteiger partial charge in [0.1, 0.15) is 22.5 Å². The van der Waals surface area contributed by atoms with Crippen LogP contribution in [-0.4, -0.2) is 32.7 Å². The standard InChI is InChI=1S/C13H22N2OSSi2/c1-18(2)8-9-19(3,4)15(18)12-11(14-13(12)16)10-6-5-7-17-10/h5-7,11-12H,8-9H2,1-4H3,(H,14,16). The molecule has 0 saturated carbocycles. The molecule has 1 N–H and O–H groups in total. The molecule has 1 aromatic rings. The molecule has 3 rings (SSSR count). The summed E-state index contributed by atoms with van der Waals surface area (Å²) in [5, 5.41) is 5.23. The maximum Gasteiger partial charge on any atom is 0.239 e. The molecular weight excluding hydrogens is 288 g/mol. The molecule has 1 aromatic heterocycles. The van der Waals surface area contributed by atoms with Gasteiger partial charge in [0.15, 0.2) is 0 Å². The van der Waals surface area contributed by atoms with E-state index in [1.165, 1.54) is 17.0 Å². The van der Waals surface area contributed by atoms with Crippen molar-refractivity contribution in [1.82, 2.24) is 9.55 Å². The van der Waals surface area contributed by atoms with Gasteiger partial charge in [0.05, 0.1) is 6.04 Å². The van der Waals surface area contributed by atoms with Crippen molar-refractivity contribution in [3.63, 3.8) is 0 Å². The number of carbonyl (C=O) groups excluding carboxylic acids is 1. The van der Waals surface area contributed by atoms with Gasteiger partial charge >= 0.3 is 0 Å². The second-order valence-electron chi connectivity index (χ2n) is 6.94. The molecule has 104 valence electrons. The summed E-state index contributed by atoms with van der Waals surface area (Å²) in [6.07, 6.45) is 0. The number of rotatable bonds is 2.